The van der Waals surface area contributed by atoms with Crippen molar-refractivity contribution in [1.29, 1.82) is 0 Å². The molecule has 0 aromatic heterocycles. The van der Waals surface area contributed by atoms with E-state index in [0.717, 1.165) is 11.3 Å². The van der Waals surface area contributed by atoms with Crippen LogP contribution in [-0.2, 0) is 16.1 Å². The number of ether oxygens (including phenoxy) is 1. The zero-order chi connectivity index (χ0) is 14.4. The van der Waals surface area contributed by atoms with Crippen molar-refractivity contribution >= 4 is 11.7 Å². The summed E-state index contributed by atoms with van der Waals surface area (Å²) in [5, 5.41) is 12.4. The molecule has 2 aromatic rings. The molecule has 0 radical (unpaired) electrons. The Balaban J connectivity index is 2.18. The molecule has 0 aliphatic carbocycles. The standard InChI is InChI=1S/C16H17NO3/c1-20-11-12-7-9-13(10-8-12)15(16(18)19)17-14-5-3-2-4-6-14/h2-10,15,17H,11H2,1H3,(H,18,19). The van der Waals surface area contributed by atoms with Crippen LogP contribution >= 0.6 is 0 Å². The van der Waals surface area contributed by atoms with Gasteiger partial charge in [0.25, 0.3) is 0 Å². The fraction of sp³-hybridized carbons (Fsp3) is 0.188. The van der Waals surface area contributed by atoms with E-state index < -0.39 is 12.0 Å². The highest BCUT2D eigenvalue weighted by Gasteiger charge is 2.19. The lowest BCUT2D eigenvalue weighted by Crippen LogP contribution is -2.20. The zero-order valence-corrected chi connectivity index (χ0v) is 11.2. The van der Waals surface area contributed by atoms with Crippen molar-refractivity contribution in [2.75, 3.05) is 12.4 Å². The molecular weight excluding hydrogens is 254 g/mol. The van der Waals surface area contributed by atoms with Gasteiger partial charge in [0.15, 0.2) is 6.04 Å². The second-order valence-corrected chi connectivity index (χ2v) is 4.46. The minimum atomic E-state index is -0.909. The first-order valence-electron chi connectivity index (χ1n) is 6.33. The van der Waals surface area contributed by atoms with Gasteiger partial charge in [-0.1, -0.05) is 42.5 Å². The molecule has 20 heavy (non-hydrogen) atoms. The molecule has 0 heterocycles. The van der Waals surface area contributed by atoms with E-state index in [1.54, 1.807) is 7.11 Å². The highest BCUT2D eigenvalue weighted by Crippen LogP contribution is 2.20. The molecule has 0 aliphatic rings. The van der Waals surface area contributed by atoms with Crippen LogP contribution in [0, 0.1) is 0 Å². The maximum absolute atomic E-state index is 11.4. The molecule has 4 heteroatoms. The van der Waals surface area contributed by atoms with Gasteiger partial charge in [-0.2, -0.15) is 0 Å². The van der Waals surface area contributed by atoms with Crippen molar-refractivity contribution < 1.29 is 14.6 Å². The maximum atomic E-state index is 11.4. The van der Waals surface area contributed by atoms with E-state index in [-0.39, 0.29) is 0 Å². The Bertz CT molecular complexity index is 552. The molecule has 0 fully saturated rings. The van der Waals surface area contributed by atoms with Crippen LogP contribution in [0.5, 0.6) is 0 Å². The predicted molar refractivity (Wildman–Crippen MR) is 77.6 cm³/mol. The van der Waals surface area contributed by atoms with Gasteiger partial charge in [0.1, 0.15) is 0 Å². The molecule has 2 N–H and O–H groups in total. The summed E-state index contributed by atoms with van der Waals surface area (Å²) in [7, 11) is 1.63. The molecule has 0 saturated heterocycles. The summed E-state index contributed by atoms with van der Waals surface area (Å²) >= 11 is 0. The molecule has 0 aliphatic heterocycles. The number of carbonyl (C=O) groups is 1. The van der Waals surface area contributed by atoms with E-state index in [9.17, 15) is 9.90 Å². The number of nitrogens with one attached hydrogen (secondary N) is 1. The molecule has 2 aromatic carbocycles. The van der Waals surface area contributed by atoms with Gasteiger partial charge in [-0.25, -0.2) is 4.79 Å². The van der Waals surface area contributed by atoms with E-state index in [1.165, 1.54) is 0 Å². The van der Waals surface area contributed by atoms with Gasteiger partial charge in [0.2, 0.25) is 0 Å². The van der Waals surface area contributed by atoms with Crippen molar-refractivity contribution in [3.63, 3.8) is 0 Å². The van der Waals surface area contributed by atoms with E-state index in [1.807, 2.05) is 54.6 Å². The number of rotatable bonds is 6. The van der Waals surface area contributed by atoms with Crippen molar-refractivity contribution in [2.45, 2.75) is 12.6 Å². The summed E-state index contributed by atoms with van der Waals surface area (Å²) in [6.07, 6.45) is 0. The summed E-state index contributed by atoms with van der Waals surface area (Å²) in [6, 6.07) is 15.9. The Morgan fingerprint density at radius 2 is 1.80 bits per heavy atom. The molecule has 2 rings (SSSR count). The number of hydrogen-bond acceptors (Lipinski definition) is 3. The minimum absolute atomic E-state index is 0.518. The summed E-state index contributed by atoms with van der Waals surface area (Å²) in [4.78, 5) is 11.4. The minimum Gasteiger partial charge on any atom is -0.479 e. The number of benzene rings is 2. The van der Waals surface area contributed by atoms with Crippen LogP contribution in [0.3, 0.4) is 0 Å². The molecule has 104 valence electrons. The van der Waals surface area contributed by atoms with Crippen LogP contribution in [0.4, 0.5) is 5.69 Å². The van der Waals surface area contributed by atoms with Crippen LogP contribution in [0.2, 0.25) is 0 Å². The third-order valence-electron chi connectivity index (χ3n) is 2.96. The SMILES string of the molecule is COCc1ccc(C(Nc2ccccc2)C(=O)O)cc1. The van der Waals surface area contributed by atoms with Crippen LogP contribution in [0.1, 0.15) is 17.2 Å². The largest absolute Gasteiger partial charge is 0.479 e. The van der Waals surface area contributed by atoms with Crippen LogP contribution in [0.15, 0.2) is 54.6 Å². The summed E-state index contributed by atoms with van der Waals surface area (Å²) in [5.41, 5.74) is 2.50. The monoisotopic (exact) mass is 271 g/mol. The van der Waals surface area contributed by atoms with Crippen molar-refractivity contribution in [2.24, 2.45) is 0 Å². The average Bonchev–Trinajstić information content (AvgIpc) is 2.47. The van der Waals surface area contributed by atoms with Gasteiger partial charge in [0, 0.05) is 12.8 Å². The summed E-state index contributed by atoms with van der Waals surface area (Å²) < 4.78 is 5.04. The van der Waals surface area contributed by atoms with Crippen molar-refractivity contribution in [3.05, 3.63) is 65.7 Å². The van der Waals surface area contributed by atoms with Crippen LogP contribution < -0.4 is 5.32 Å². The lowest BCUT2D eigenvalue weighted by molar-refractivity contribution is -0.138. The third-order valence-corrected chi connectivity index (χ3v) is 2.96. The van der Waals surface area contributed by atoms with Gasteiger partial charge in [-0.15, -0.1) is 0 Å². The maximum Gasteiger partial charge on any atom is 0.330 e. The van der Waals surface area contributed by atoms with E-state index >= 15 is 0 Å². The Hall–Kier alpha value is -2.33. The number of carboxylic acid groups (broad SMARTS) is 1. The Kier molecular flexibility index (Phi) is 4.74. The molecule has 0 amide bonds. The molecule has 1 atom stereocenters. The number of aliphatic carboxylic acids is 1. The van der Waals surface area contributed by atoms with Gasteiger partial charge < -0.3 is 15.2 Å². The van der Waals surface area contributed by atoms with Gasteiger partial charge in [-0.05, 0) is 23.3 Å². The number of para-hydroxylation sites is 1. The van der Waals surface area contributed by atoms with Crippen LogP contribution in [-0.4, -0.2) is 18.2 Å². The summed E-state index contributed by atoms with van der Waals surface area (Å²) in [6.45, 7) is 0.518. The van der Waals surface area contributed by atoms with Gasteiger partial charge in [-0.3, -0.25) is 0 Å². The molecule has 1 unspecified atom stereocenters. The number of hydrogen-bond donors (Lipinski definition) is 2. The van der Waals surface area contributed by atoms with E-state index in [4.69, 9.17) is 4.74 Å². The molecule has 0 bridgehead atoms. The highest BCUT2D eigenvalue weighted by molar-refractivity contribution is 5.79. The molecule has 4 nitrogen and oxygen atoms in total. The van der Waals surface area contributed by atoms with Crippen molar-refractivity contribution in [1.82, 2.24) is 0 Å². The zero-order valence-electron chi connectivity index (χ0n) is 11.2. The second-order valence-electron chi connectivity index (χ2n) is 4.46. The second kappa shape index (κ2) is 6.73. The number of methoxy groups -OCH3 is 1. The predicted octanol–water partition coefficient (Wildman–Crippen LogP) is 3.07. The van der Waals surface area contributed by atoms with Gasteiger partial charge in [0.05, 0.1) is 6.61 Å². The smallest absolute Gasteiger partial charge is 0.330 e. The number of anilines is 1. The normalized spacial score (nSPS) is 11.8. The summed E-state index contributed by atoms with van der Waals surface area (Å²) in [5.74, 6) is -0.909. The molecule has 0 spiro atoms. The van der Waals surface area contributed by atoms with Gasteiger partial charge >= 0.3 is 5.97 Å². The molecular formula is C16H17NO3. The quantitative estimate of drug-likeness (QED) is 0.847. The fourth-order valence-corrected chi connectivity index (χ4v) is 1.96. The average molecular weight is 271 g/mol. The number of carboxylic acids is 1. The lowest BCUT2D eigenvalue weighted by Gasteiger charge is -2.16. The first-order chi connectivity index (χ1) is 9.70. The topological polar surface area (TPSA) is 58.6 Å². The lowest BCUT2D eigenvalue weighted by atomic mass is 10.0. The first-order valence-corrected chi connectivity index (χ1v) is 6.33. The van der Waals surface area contributed by atoms with E-state index in [0.29, 0.717) is 12.2 Å². The first kappa shape index (κ1) is 14.1. The Morgan fingerprint density at radius 3 is 2.35 bits per heavy atom. The fourth-order valence-electron chi connectivity index (χ4n) is 1.96. The third kappa shape index (κ3) is 3.59. The van der Waals surface area contributed by atoms with Crippen molar-refractivity contribution in [3.8, 4) is 0 Å². The Labute approximate surface area is 118 Å². The molecule has 0 saturated carbocycles. The van der Waals surface area contributed by atoms with E-state index in [2.05, 4.69) is 5.32 Å². The highest BCUT2D eigenvalue weighted by atomic mass is 16.5. The Morgan fingerprint density at radius 1 is 1.15 bits per heavy atom. The van der Waals surface area contributed by atoms with Crippen LogP contribution in [0.25, 0.3) is 0 Å².